The molecule has 1 aliphatic rings. The van der Waals surface area contributed by atoms with Crippen molar-refractivity contribution >= 4 is 17.0 Å². The molecule has 0 saturated carbocycles. The number of hydrogen-bond donors (Lipinski definition) is 2. The van der Waals surface area contributed by atoms with Crippen molar-refractivity contribution in [3.8, 4) is 0 Å². The third-order valence-corrected chi connectivity index (χ3v) is 2.69. The summed E-state index contributed by atoms with van der Waals surface area (Å²) in [5.74, 6) is 0. The number of carbonyl (C=O) groups excluding carboxylic acids is 1. The van der Waals surface area contributed by atoms with Gasteiger partial charge in [0.25, 0.3) is 0 Å². The fourth-order valence-electron chi connectivity index (χ4n) is 1.78. The van der Waals surface area contributed by atoms with Crippen molar-refractivity contribution in [3.05, 3.63) is 35.4 Å². The lowest BCUT2D eigenvalue weighted by Gasteiger charge is -2.09. The Hall–Kier alpha value is -2.01. The first-order valence-corrected chi connectivity index (χ1v) is 6.07. The van der Waals surface area contributed by atoms with Gasteiger partial charge >= 0.3 is 6.09 Å². The molecule has 0 bridgehead atoms. The van der Waals surface area contributed by atoms with Crippen LogP contribution in [0.2, 0.25) is 0 Å². The predicted molar refractivity (Wildman–Crippen MR) is 82.5 cm³/mol. The Kier molecular flexibility index (Phi) is 1.46. The zero-order valence-electron chi connectivity index (χ0n) is 24.0. The highest BCUT2D eigenvalue weighted by atomic mass is 16.6. The fourth-order valence-corrected chi connectivity index (χ4v) is 1.78. The molecule has 0 radical (unpaired) electrons. The Bertz CT molecular complexity index is 1160. The normalized spacial score (nSPS) is 31.6. The number of alkyl carbamates (subject to hydrolysis) is 1. The van der Waals surface area contributed by atoms with Crippen LogP contribution in [0, 0.1) is 0 Å². The molecule has 1 fully saturated rings. The third-order valence-electron chi connectivity index (χ3n) is 2.69. The van der Waals surface area contributed by atoms with Crippen molar-refractivity contribution in [1.29, 1.82) is 0 Å². The average molecular weight is 300 g/mol. The molecule has 5 heteroatoms. The number of aromatic nitrogens is 1. The number of benzene rings is 1. The molecule has 0 unspecified atom stereocenters. The molecule has 1 aromatic carbocycles. The SMILES string of the molecule is [2H]c1[nH]c2c([2H])c([2H])c(C([2H])([2H])[C@@H]3NC(=O)OC3([2H])[2H])c([2H])c2c1C([2H])([2H])CN(C)C([2H])([2H])[2H]. The standard InChI is InChI=1S/C16H21N3O2/c1-19(2)6-5-12-9-17-15-4-3-11(8-14(12)15)7-13-10-21-16(20)18-13/h3-4,8-9,13,17H,5-7,10H2,1-2H3,(H,18,20)/t13-/m0/s1/i1D3,3D,4D,5D2,7D2,8D,9D,10D2. The van der Waals surface area contributed by atoms with Gasteiger partial charge in [0.1, 0.15) is 6.56 Å². The highest BCUT2D eigenvalue weighted by Gasteiger charge is 2.22. The fraction of sp³-hybridized carbons (Fsp3) is 0.438. The van der Waals surface area contributed by atoms with Crippen molar-refractivity contribution in [2.24, 2.45) is 0 Å². The van der Waals surface area contributed by atoms with Gasteiger partial charge < -0.3 is 19.9 Å². The number of hydrogen-bond acceptors (Lipinski definition) is 3. The number of aromatic amines is 1. The molecule has 2 N–H and O–H groups in total. The highest BCUT2D eigenvalue weighted by Crippen LogP contribution is 2.21. The summed E-state index contributed by atoms with van der Waals surface area (Å²) in [4.78, 5) is 14.7. The number of likely N-dealkylation sites (N-methyl/N-ethyl adjacent to an activating group) is 1. The van der Waals surface area contributed by atoms with Crippen molar-refractivity contribution in [2.45, 2.75) is 18.8 Å². The lowest BCUT2D eigenvalue weighted by Crippen LogP contribution is -2.28. The zero-order valence-corrected chi connectivity index (χ0v) is 11.0. The number of ether oxygens (including phenoxy) is 1. The minimum atomic E-state index is -2.97. The van der Waals surface area contributed by atoms with Crippen LogP contribution in [-0.2, 0) is 17.5 Å². The first-order valence-electron chi connectivity index (χ1n) is 12.6. The van der Waals surface area contributed by atoms with Crippen molar-refractivity contribution in [3.63, 3.8) is 0 Å². The predicted octanol–water partition coefficient (Wildman–Crippen LogP) is 1.92. The number of fused-ring (bicyclic) bond motifs is 1. The Morgan fingerprint density at radius 2 is 2.57 bits per heavy atom. The van der Waals surface area contributed by atoms with Crippen LogP contribution in [0.3, 0.4) is 0 Å². The molecule has 112 valence electrons. The van der Waals surface area contributed by atoms with Gasteiger partial charge in [-0.05, 0) is 50.0 Å². The minimum Gasteiger partial charge on any atom is -0.447 e. The zero-order chi connectivity index (χ0) is 26.2. The number of cyclic esters (lactones) is 1. The molecule has 2 aromatic rings. The van der Waals surface area contributed by atoms with Crippen molar-refractivity contribution in [1.82, 2.24) is 15.2 Å². The molecule has 1 aliphatic heterocycles. The molecule has 1 saturated heterocycles. The van der Waals surface area contributed by atoms with Gasteiger partial charge in [0.05, 0.1) is 14.3 Å². The van der Waals surface area contributed by atoms with Gasteiger partial charge in [-0.1, -0.05) is 6.04 Å². The topological polar surface area (TPSA) is 57.4 Å². The molecule has 1 aromatic heterocycles. The maximum Gasteiger partial charge on any atom is 0.407 e. The van der Waals surface area contributed by atoms with E-state index < -0.39 is 85.8 Å². The summed E-state index contributed by atoms with van der Waals surface area (Å²) < 4.78 is 110. The molecule has 0 aliphatic carbocycles. The summed E-state index contributed by atoms with van der Waals surface area (Å²) in [5.41, 5.74) is -1.63. The first kappa shape index (κ1) is 5.32. The molecule has 5 nitrogen and oxygen atoms in total. The summed E-state index contributed by atoms with van der Waals surface area (Å²) in [6.45, 7) is -6.28. The van der Waals surface area contributed by atoms with Crippen LogP contribution >= 0.6 is 0 Å². The molecule has 1 amide bonds. The minimum absolute atomic E-state index is 0.301. The highest BCUT2D eigenvalue weighted by molar-refractivity contribution is 5.84. The number of carbonyl (C=O) groups is 1. The average Bonchev–Trinajstić information content (AvgIpc) is 3.14. The Labute approximate surface area is 142 Å². The quantitative estimate of drug-likeness (QED) is 0.887. The van der Waals surface area contributed by atoms with Gasteiger partial charge in [-0.2, -0.15) is 0 Å². The summed E-state index contributed by atoms with van der Waals surface area (Å²) in [7, 11) is 1.14. The van der Waals surface area contributed by atoms with Crippen molar-refractivity contribution in [2.75, 3.05) is 27.1 Å². The first-order chi connectivity index (χ1) is 15.2. The molecular weight excluding hydrogens is 266 g/mol. The van der Waals surface area contributed by atoms with Gasteiger partial charge in [0.2, 0.25) is 0 Å². The molecule has 2 heterocycles. The maximum atomic E-state index is 11.6. The monoisotopic (exact) mass is 300 g/mol. The summed E-state index contributed by atoms with van der Waals surface area (Å²) >= 11 is 0. The largest absolute Gasteiger partial charge is 0.447 e. The summed E-state index contributed by atoms with van der Waals surface area (Å²) in [6.07, 6.45) is -7.38. The number of H-pyrrole nitrogens is 1. The van der Waals surface area contributed by atoms with E-state index in [1.165, 1.54) is 0 Å². The Balaban J connectivity index is 2.29. The van der Waals surface area contributed by atoms with Gasteiger partial charge in [-0.25, -0.2) is 4.79 Å². The summed E-state index contributed by atoms with van der Waals surface area (Å²) in [6, 6.07) is -4.32. The second-order valence-corrected chi connectivity index (χ2v) is 4.39. The van der Waals surface area contributed by atoms with E-state index in [0.29, 0.717) is 0 Å². The molecule has 0 spiro atoms. The lowest BCUT2D eigenvalue weighted by atomic mass is 10.0. The summed E-state index contributed by atoms with van der Waals surface area (Å²) in [5, 5.41) is 1.55. The van der Waals surface area contributed by atoms with E-state index in [-0.39, 0.29) is 5.52 Å². The van der Waals surface area contributed by atoms with Crippen LogP contribution in [0.1, 0.15) is 28.9 Å². The number of amides is 1. The number of rotatable bonds is 5. The van der Waals surface area contributed by atoms with E-state index in [4.69, 9.17) is 17.8 Å². The van der Waals surface area contributed by atoms with E-state index >= 15 is 0 Å². The van der Waals surface area contributed by atoms with Gasteiger partial charge in [0.15, 0.2) is 0 Å². The van der Waals surface area contributed by atoms with E-state index in [2.05, 4.69) is 9.72 Å². The maximum absolute atomic E-state index is 11.6. The van der Waals surface area contributed by atoms with E-state index in [1.54, 1.807) is 0 Å². The lowest BCUT2D eigenvalue weighted by molar-refractivity contribution is 0.177. The van der Waals surface area contributed by atoms with Crippen LogP contribution < -0.4 is 5.32 Å². The van der Waals surface area contributed by atoms with E-state index in [0.717, 1.165) is 11.9 Å². The molecule has 3 rings (SSSR count). The smallest absolute Gasteiger partial charge is 0.407 e. The van der Waals surface area contributed by atoms with Crippen LogP contribution in [0.4, 0.5) is 4.79 Å². The van der Waals surface area contributed by atoms with Gasteiger partial charge in [-0.3, -0.25) is 0 Å². The number of nitrogens with zero attached hydrogens (tertiary/aromatic N) is 1. The van der Waals surface area contributed by atoms with Crippen LogP contribution in [0.25, 0.3) is 10.9 Å². The second-order valence-electron chi connectivity index (χ2n) is 4.39. The number of nitrogens with one attached hydrogen (secondary N) is 2. The van der Waals surface area contributed by atoms with Gasteiger partial charge in [0, 0.05) is 33.2 Å². The van der Waals surface area contributed by atoms with Crippen LogP contribution in [0.15, 0.2) is 24.3 Å². The van der Waals surface area contributed by atoms with E-state index in [9.17, 15) is 4.79 Å². The van der Waals surface area contributed by atoms with E-state index in [1.807, 2.05) is 5.32 Å². The second kappa shape index (κ2) is 5.77. The Morgan fingerprint density at radius 1 is 1.67 bits per heavy atom. The van der Waals surface area contributed by atoms with Gasteiger partial charge in [-0.15, -0.1) is 0 Å². The van der Waals surface area contributed by atoms with Crippen LogP contribution in [-0.4, -0.2) is 49.1 Å². The molecule has 21 heavy (non-hydrogen) atoms. The third kappa shape index (κ3) is 3.19. The molecular formula is C16H21N3O2. The van der Waals surface area contributed by atoms with Crippen molar-refractivity contribution < 1.29 is 27.4 Å². The van der Waals surface area contributed by atoms with Crippen LogP contribution in [0.5, 0.6) is 0 Å². The Morgan fingerprint density at radius 3 is 3.33 bits per heavy atom. The molecule has 1 atom stereocenters.